The minimum atomic E-state index is -0.319. The van der Waals surface area contributed by atoms with Crippen molar-refractivity contribution in [3.63, 3.8) is 0 Å². The summed E-state index contributed by atoms with van der Waals surface area (Å²) in [6, 6.07) is 11.2. The molecule has 1 N–H and O–H groups in total. The van der Waals surface area contributed by atoms with Gasteiger partial charge in [-0.05, 0) is 48.4 Å². The van der Waals surface area contributed by atoms with Crippen LogP contribution in [0.25, 0.3) is 0 Å². The molecule has 0 bridgehead atoms. The number of amides is 1. The Hall–Kier alpha value is -2.40. The van der Waals surface area contributed by atoms with Crippen molar-refractivity contribution in [1.82, 2.24) is 4.90 Å². The van der Waals surface area contributed by atoms with Crippen LogP contribution < -0.4 is 9.64 Å². The van der Waals surface area contributed by atoms with Crippen LogP contribution in [0, 0.1) is 12.7 Å². The average molecular weight is 355 g/mol. The highest BCUT2D eigenvalue weighted by atomic mass is 19.1. The minimum absolute atomic E-state index is 0.0716. The number of quaternary nitrogens is 1. The molecule has 1 amide bonds. The Bertz CT molecular complexity index is 829. The lowest BCUT2D eigenvalue weighted by atomic mass is 10.1. The first-order valence-electron chi connectivity index (χ1n) is 9.24. The van der Waals surface area contributed by atoms with E-state index in [0.29, 0.717) is 24.2 Å². The van der Waals surface area contributed by atoms with Crippen LogP contribution in [0.5, 0.6) is 5.75 Å². The van der Waals surface area contributed by atoms with Crippen LogP contribution in [0.2, 0.25) is 0 Å². The minimum Gasteiger partial charge on any atom is -0.493 e. The number of hydrogen-bond acceptors (Lipinski definition) is 2. The third kappa shape index (κ3) is 3.44. The van der Waals surface area contributed by atoms with E-state index < -0.39 is 0 Å². The van der Waals surface area contributed by atoms with E-state index in [-0.39, 0.29) is 11.7 Å². The van der Waals surface area contributed by atoms with E-state index in [0.717, 1.165) is 38.4 Å². The largest absolute Gasteiger partial charge is 0.493 e. The molecule has 2 heterocycles. The molecule has 1 fully saturated rings. The predicted octanol–water partition coefficient (Wildman–Crippen LogP) is 1.61. The fraction of sp³-hybridized carbons (Fsp3) is 0.381. The van der Waals surface area contributed by atoms with Crippen LogP contribution in [0.15, 0.2) is 36.4 Å². The third-order valence-electron chi connectivity index (χ3n) is 5.38. The number of benzene rings is 2. The molecule has 2 aromatic carbocycles. The molecule has 26 heavy (non-hydrogen) atoms. The second kappa shape index (κ2) is 7.08. The molecule has 0 aliphatic carbocycles. The maximum absolute atomic E-state index is 13.7. The van der Waals surface area contributed by atoms with E-state index in [1.165, 1.54) is 22.1 Å². The molecule has 0 unspecified atom stereocenters. The second-order valence-electron chi connectivity index (χ2n) is 7.22. The number of fused-ring (bicyclic) bond motifs is 1. The van der Waals surface area contributed by atoms with E-state index in [4.69, 9.17) is 4.74 Å². The number of piperazine rings is 1. The van der Waals surface area contributed by atoms with E-state index in [1.54, 1.807) is 19.1 Å². The van der Waals surface area contributed by atoms with Gasteiger partial charge in [0.1, 0.15) is 18.1 Å². The van der Waals surface area contributed by atoms with Gasteiger partial charge < -0.3 is 14.5 Å². The first-order chi connectivity index (χ1) is 12.6. The first kappa shape index (κ1) is 17.0. The third-order valence-corrected chi connectivity index (χ3v) is 5.38. The van der Waals surface area contributed by atoms with Crippen molar-refractivity contribution >= 4 is 5.91 Å². The van der Waals surface area contributed by atoms with Crippen LogP contribution in [-0.4, -0.2) is 43.6 Å². The molecule has 0 radical (unpaired) electrons. The molecular weight excluding hydrogens is 331 g/mol. The summed E-state index contributed by atoms with van der Waals surface area (Å²) in [6.45, 7) is 6.69. The molecule has 0 aromatic heterocycles. The van der Waals surface area contributed by atoms with E-state index in [2.05, 4.69) is 18.2 Å². The van der Waals surface area contributed by atoms with Gasteiger partial charge in [-0.3, -0.25) is 4.79 Å². The van der Waals surface area contributed by atoms with Crippen LogP contribution in [0.3, 0.4) is 0 Å². The molecular formula is C21H24FN2O2+. The van der Waals surface area contributed by atoms with Gasteiger partial charge in [0.25, 0.3) is 5.91 Å². The molecule has 1 saturated heterocycles. The highest BCUT2D eigenvalue weighted by Gasteiger charge is 2.25. The number of halogens is 1. The Morgan fingerprint density at radius 2 is 2.00 bits per heavy atom. The zero-order chi connectivity index (χ0) is 18.1. The smallest absolute Gasteiger partial charge is 0.254 e. The summed E-state index contributed by atoms with van der Waals surface area (Å²) in [6.07, 6.45) is 0.994. The van der Waals surface area contributed by atoms with Gasteiger partial charge in [0.05, 0.1) is 32.8 Å². The summed E-state index contributed by atoms with van der Waals surface area (Å²) >= 11 is 0. The molecule has 136 valence electrons. The van der Waals surface area contributed by atoms with Gasteiger partial charge in [-0.25, -0.2) is 4.39 Å². The zero-order valence-corrected chi connectivity index (χ0v) is 15.1. The van der Waals surface area contributed by atoms with Crippen molar-refractivity contribution in [3.8, 4) is 5.75 Å². The van der Waals surface area contributed by atoms with Crippen LogP contribution in [-0.2, 0) is 13.0 Å². The van der Waals surface area contributed by atoms with Gasteiger partial charge in [-0.2, -0.15) is 0 Å². The number of carbonyl (C=O) groups excluding carboxylic acids is 1. The van der Waals surface area contributed by atoms with Gasteiger partial charge in [0, 0.05) is 17.5 Å². The van der Waals surface area contributed by atoms with Gasteiger partial charge in [0.15, 0.2) is 0 Å². The predicted molar refractivity (Wildman–Crippen MR) is 97.1 cm³/mol. The van der Waals surface area contributed by atoms with Crippen molar-refractivity contribution in [1.29, 1.82) is 0 Å². The lowest BCUT2D eigenvalue weighted by Gasteiger charge is -2.32. The molecule has 2 aliphatic rings. The summed E-state index contributed by atoms with van der Waals surface area (Å²) in [5, 5.41) is 0. The maximum Gasteiger partial charge on any atom is 0.254 e. The van der Waals surface area contributed by atoms with E-state index in [1.807, 2.05) is 4.90 Å². The summed E-state index contributed by atoms with van der Waals surface area (Å²) < 4.78 is 19.3. The van der Waals surface area contributed by atoms with Crippen molar-refractivity contribution in [2.75, 3.05) is 32.8 Å². The normalized spacial score (nSPS) is 17.1. The fourth-order valence-electron chi connectivity index (χ4n) is 3.75. The Labute approximate surface area is 153 Å². The number of rotatable bonds is 3. The molecule has 0 saturated carbocycles. The van der Waals surface area contributed by atoms with Crippen LogP contribution >= 0.6 is 0 Å². The number of nitrogens with one attached hydrogen (secondary N) is 1. The van der Waals surface area contributed by atoms with Crippen LogP contribution in [0.1, 0.15) is 27.0 Å². The molecule has 0 atom stereocenters. The van der Waals surface area contributed by atoms with Gasteiger partial charge in [-0.1, -0.05) is 6.07 Å². The van der Waals surface area contributed by atoms with Crippen LogP contribution in [0.4, 0.5) is 4.39 Å². The monoisotopic (exact) mass is 355 g/mol. The zero-order valence-electron chi connectivity index (χ0n) is 15.1. The average Bonchev–Trinajstić information content (AvgIpc) is 3.12. The standard InChI is InChI=1S/C21H23FN2O2/c1-15-2-4-18(13-19(15)22)21(25)24-9-7-23(8-10-24)14-16-3-5-20-17(12-16)6-11-26-20/h2-5,12-13H,6-11,14H2,1H3/p+1. The highest BCUT2D eigenvalue weighted by molar-refractivity contribution is 5.94. The molecule has 4 rings (SSSR count). The highest BCUT2D eigenvalue weighted by Crippen LogP contribution is 2.25. The number of carbonyl (C=O) groups is 1. The van der Waals surface area contributed by atoms with Gasteiger partial charge in [-0.15, -0.1) is 0 Å². The molecule has 5 heteroatoms. The molecule has 4 nitrogen and oxygen atoms in total. The number of hydrogen-bond donors (Lipinski definition) is 1. The summed E-state index contributed by atoms with van der Waals surface area (Å²) in [5.41, 5.74) is 3.63. The first-order valence-corrected chi connectivity index (χ1v) is 9.24. The summed E-state index contributed by atoms with van der Waals surface area (Å²) in [5.74, 6) is 0.628. The van der Waals surface area contributed by atoms with Gasteiger partial charge in [0.2, 0.25) is 0 Å². The van der Waals surface area contributed by atoms with E-state index >= 15 is 0 Å². The number of aryl methyl sites for hydroxylation is 1. The SMILES string of the molecule is Cc1ccc(C(=O)N2CC[NH+](Cc3ccc4c(c3)CCO4)CC2)cc1F. The lowest BCUT2D eigenvalue weighted by molar-refractivity contribution is -0.917. The van der Waals surface area contributed by atoms with Crippen molar-refractivity contribution in [3.05, 3.63) is 64.5 Å². The van der Waals surface area contributed by atoms with Crippen molar-refractivity contribution < 1.29 is 18.8 Å². The van der Waals surface area contributed by atoms with Crippen molar-refractivity contribution in [2.24, 2.45) is 0 Å². The van der Waals surface area contributed by atoms with Gasteiger partial charge >= 0.3 is 0 Å². The quantitative estimate of drug-likeness (QED) is 0.908. The Balaban J connectivity index is 1.35. The number of ether oxygens (including phenoxy) is 1. The lowest BCUT2D eigenvalue weighted by Crippen LogP contribution is -3.13. The second-order valence-corrected chi connectivity index (χ2v) is 7.22. The molecule has 0 spiro atoms. The Morgan fingerprint density at radius 3 is 2.77 bits per heavy atom. The Morgan fingerprint density at radius 1 is 1.19 bits per heavy atom. The molecule has 2 aliphatic heterocycles. The maximum atomic E-state index is 13.7. The fourth-order valence-corrected chi connectivity index (χ4v) is 3.75. The van der Waals surface area contributed by atoms with E-state index in [9.17, 15) is 9.18 Å². The number of nitrogens with zero attached hydrogens (tertiary/aromatic N) is 1. The topological polar surface area (TPSA) is 34.0 Å². The molecule has 2 aromatic rings. The Kier molecular flexibility index (Phi) is 4.64. The summed E-state index contributed by atoms with van der Waals surface area (Å²) in [4.78, 5) is 15.9. The summed E-state index contributed by atoms with van der Waals surface area (Å²) in [7, 11) is 0. The van der Waals surface area contributed by atoms with Crippen molar-refractivity contribution in [2.45, 2.75) is 19.9 Å².